The van der Waals surface area contributed by atoms with Crippen LogP contribution in [0, 0.1) is 23.2 Å². The van der Waals surface area contributed by atoms with Crippen LogP contribution in [0.5, 0.6) is 11.5 Å². The van der Waals surface area contributed by atoms with Crippen molar-refractivity contribution in [1.29, 1.82) is 5.26 Å². The molecule has 0 spiro atoms. The number of hydrogen-bond acceptors (Lipinski definition) is 5. The maximum absolute atomic E-state index is 13.5. The molecule has 0 radical (unpaired) electrons. The predicted octanol–water partition coefficient (Wildman–Crippen LogP) is 1.04. The first kappa shape index (κ1) is 16.3. The first-order valence-electron chi connectivity index (χ1n) is 9.50. The van der Waals surface area contributed by atoms with Crippen LogP contribution in [0.1, 0.15) is 17.2 Å². The summed E-state index contributed by atoms with van der Waals surface area (Å²) in [7, 11) is 0. The molecule has 1 unspecified atom stereocenters. The zero-order chi connectivity index (χ0) is 19.7. The Morgan fingerprint density at radius 1 is 1.03 bits per heavy atom. The fourth-order valence-electron chi connectivity index (χ4n) is 5.17. The van der Waals surface area contributed by atoms with Gasteiger partial charge in [-0.1, -0.05) is 24.3 Å². The zero-order valence-corrected chi connectivity index (χ0v) is 15.2. The van der Waals surface area contributed by atoms with Gasteiger partial charge in [-0.15, -0.1) is 0 Å². The topological polar surface area (TPSA) is 84.1 Å². The highest BCUT2D eigenvalue weighted by Gasteiger charge is 2.66. The van der Waals surface area contributed by atoms with Gasteiger partial charge in [-0.2, -0.15) is 5.26 Å². The Kier molecular flexibility index (Phi) is 3.20. The molecule has 1 N–H and O–H groups in total. The summed E-state index contributed by atoms with van der Waals surface area (Å²) in [4.78, 5) is 29.0. The van der Waals surface area contributed by atoms with Gasteiger partial charge in [0.2, 0.25) is 18.6 Å². The van der Waals surface area contributed by atoms with Gasteiger partial charge in [0.15, 0.2) is 17.5 Å². The second kappa shape index (κ2) is 5.69. The normalized spacial score (nSPS) is 30.7. The number of imide groups is 1. The van der Waals surface area contributed by atoms with Crippen LogP contribution in [-0.2, 0) is 9.59 Å². The third-order valence-electron chi connectivity index (χ3n) is 6.37. The molecule has 0 aromatic heterocycles. The number of ether oxygens (including phenoxy) is 2. The molecule has 5 atom stereocenters. The molecular weight excluding hydrogens is 370 g/mol. The van der Waals surface area contributed by atoms with Crippen LogP contribution in [0.4, 0.5) is 5.69 Å². The van der Waals surface area contributed by atoms with Crippen molar-refractivity contribution in [3.05, 3.63) is 59.8 Å². The van der Waals surface area contributed by atoms with E-state index >= 15 is 0 Å². The van der Waals surface area contributed by atoms with Crippen LogP contribution >= 0.6 is 0 Å². The summed E-state index contributed by atoms with van der Waals surface area (Å²) in [6.45, 7) is 0.117. The molecular formula is C22H16N3O4+. The van der Waals surface area contributed by atoms with Gasteiger partial charge >= 0.3 is 0 Å². The molecule has 2 saturated heterocycles. The Labute approximate surface area is 166 Å². The van der Waals surface area contributed by atoms with Crippen molar-refractivity contribution < 1.29 is 24.0 Å². The van der Waals surface area contributed by atoms with E-state index in [1.165, 1.54) is 4.90 Å². The maximum atomic E-state index is 13.5. The zero-order valence-electron chi connectivity index (χ0n) is 15.2. The number of hydrogen-bond donors (Lipinski definition) is 1. The molecule has 6 rings (SSSR count). The highest BCUT2D eigenvalue weighted by molar-refractivity contribution is 6.23. The lowest BCUT2D eigenvalue weighted by molar-refractivity contribution is -0.885. The number of anilines is 1. The van der Waals surface area contributed by atoms with E-state index in [4.69, 9.17) is 9.47 Å². The fraction of sp³-hybridized carbons (Fsp3) is 0.227. The number of carbonyl (C=O) groups is 2. The van der Waals surface area contributed by atoms with Gasteiger partial charge in [-0.25, -0.2) is 4.90 Å². The number of carbonyl (C=O) groups excluding carboxylic acids is 2. The summed E-state index contributed by atoms with van der Waals surface area (Å²) in [5.41, 5.74) is 2.49. The number of fused-ring (bicyclic) bond motifs is 6. The molecule has 0 aliphatic carbocycles. The lowest BCUT2D eigenvalue weighted by Crippen LogP contribution is -3.10. The number of quaternary nitrogens is 1. The van der Waals surface area contributed by atoms with Crippen LogP contribution in [0.15, 0.2) is 48.7 Å². The molecule has 29 heavy (non-hydrogen) atoms. The number of nitrogens with one attached hydrogen (secondary N) is 1. The Balaban J connectivity index is 1.46. The van der Waals surface area contributed by atoms with Crippen LogP contribution < -0.4 is 19.3 Å². The Morgan fingerprint density at radius 3 is 2.69 bits per heavy atom. The summed E-state index contributed by atoms with van der Waals surface area (Å²) in [5, 5.41) is 9.86. The van der Waals surface area contributed by atoms with Crippen molar-refractivity contribution in [2.75, 3.05) is 11.7 Å². The van der Waals surface area contributed by atoms with E-state index in [9.17, 15) is 14.9 Å². The first-order chi connectivity index (χ1) is 14.2. The quantitative estimate of drug-likeness (QED) is 0.741. The molecule has 2 amide bonds. The van der Waals surface area contributed by atoms with E-state index in [-0.39, 0.29) is 24.6 Å². The molecule has 4 aliphatic rings. The molecule has 2 aromatic rings. The number of benzene rings is 2. The summed E-state index contributed by atoms with van der Waals surface area (Å²) in [6.07, 6.45) is 3.89. The average molecular weight is 386 g/mol. The van der Waals surface area contributed by atoms with Gasteiger partial charge in [0.25, 0.3) is 0 Å². The van der Waals surface area contributed by atoms with E-state index in [0.717, 1.165) is 16.0 Å². The minimum absolute atomic E-state index is 0.117. The molecule has 2 aromatic carbocycles. The van der Waals surface area contributed by atoms with Crippen LogP contribution in [0.2, 0.25) is 0 Å². The van der Waals surface area contributed by atoms with Gasteiger partial charge in [-0.3, -0.25) is 14.5 Å². The number of rotatable bonds is 1. The summed E-state index contributed by atoms with van der Waals surface area (Å²) < 4.78 is 10.7. The summed E-state index contributed by atoms with van der Waals surface area (Å²) in [6, 6.07) is 14.3. The fourth-order valence-corrected chi connectivity index (χ4v) is 5.17. The third kappa shape index (κ3) is 2.04. The standard InChI is InChI=1S/C22H15N3O4/c23-10-15-18-19(20-14-4-2-1-3-12(14)7-8-24(15)20)22(27)25(21(18)26)13-5-6-16-17(9-13)29-11-28-16/h1-9,15,18-20H,11H2/p+1/t15-,18+,19+,20-/m1/s1. The minimum Gasteiger partial charge on any atom is -0.454 e. The number of nitrogens with zero attached hydrogens (tertiary/aromatic N) is 2. The SMILES string of the molecule is N#C[C@@H]1[C@@H]2C(=O)N(c3ccc4c(c3)OCO4)C(=O)[C@@H]2[C@H]2c3ccccc3C=C[NH+]12. The van der Waals surface area contributed by atoms with Gasteiger partial charge in [0.05, 0.1) is 11.9 Å². The molecule has 4 aliphatic heterocycles. The van der Waals surface area contributed by atoms with E-state index in [2.05, 4.69) is 6.07 Å². The largest absolute Gasteiger partial charge is 0.454 e. The summed E-state index contributed by atoms with van der Waals surface area (Å²) >= 11 is 0. The third-order valence-corrected chi connectivity index (χ3v) is 6.37. The molecule has 2 fully saturated rings. The lowest BCUT2D eigenvalue weighted by atomic mass is 9.85. The van der Waals surface area contributed by atoms with Crippen molar-refractivity contribution >= 4 is 23.6 Å². The second-order valence-corrected chi connectivity index (χ2v) is 7.65. The molecule has 7 nitrogen and oxygen atoms in total. The van der Waals surface area contributed by atoms with Crippen molar-refractivity contribution in [2.45, 2.75) is 12.1 Å². The van der Waals surface area contributed by atoms with Gasteiger partial charge in [0, 0.05) is 11.6 Å². The van der Waals surface area contributed by atoms with Crippen LogP contribution in [0.3, 0.4) is 0 Å². The number of nitriles is 1. The van der Waals surface area contributed by atoms with E-state index < -0.39 is 17.9 Å². The molecule has 0 saturated carbocycles. The van der Waals surface area contributed by atoms with E-state index in [1.807, 2.05) is 36.5 Å². The minimum atomic E-state index is -0.672. The van der Waals surface area contributed by atoms with Crippen molar-refractivity contribution in [1.82, 2.24) is 0 Å². The maximum Gasteiger partial charge on any atom is 0.245 e. The molecule has 4 heterocycles. The molecule has 0 bridgehead atoms. The van der Waals surface area contributed by atoms with Gasteiger partial charge < -0.3 is 9.47 Å². The van der Waals surface area contributed by atoms with Crippen LogP contribution in [0.25, 0.3) is 6.08 Å². The van der Waals surface area contributed by atoms with Gasteiger partial charge in [0.1, 0.15) is 23.9 Å². The van der Waals surface area contributed by atoms with E-state index in [0.29, 0.717) is 17.2 Å². The highest BCUT2D eigenvalue weighted by Crippen LogP contribution is 2.45. The lowest BCUT2D eigenvalue weighted by Gasteiger charge is -2.28. The average Bonchev–Trinajstić information content (AvgIpc) is 3.41. The summed E-state index contributed by atoms with van der Waals surface area (Å²) in [5.74, 6) is -0.727. The predicted molar refractivity (Wildman–Crippen MR) is 101 cm³/mol. The monoisotopic (exact) mass is 386 g/mol. The Hall–Kier alpha value is -3.63. The Morgan fingerprint density at radius 2 is 1.83 bits per heavy atom. The second-order valence-electron chi connectivity index (χ2n) is 7.65. The highest BCUT2D eigenvalue weighted by atomic mass is 16.7. The smallest absolute Gasteiger partial charge is 0.245 e. The van der Waals surface area contributed by atoms with E-state index in [1.54, 1.807) is 18.2 Å². The number of amides is 2. The van der Waals surface area contributed by atoms with Crippen molar-refractivity contribution in [2.24, 2.45) is 11.8 Å². The van der Waals surface area contributed by atoms with Crippen molar-refractivity contribution in [3.63, 3.8) is 0 Å². The molecule has 142 valence electrons. The first-order valence-corrected chi connectivity index (χ1v) is 9.50. The van der Waals surface area contributed by atoms with Crippen molar-refractivity contribution in [3.8, 4) is 17.6 Å². The Bertz CT molecular complexity index is 1150. The van der Waals surface area contributed by atoms with Crippen LogP contribution in [-0.4, -0.2) is 24.6 Å². The van der Waals surface area contributed by atoms with Gasteiger partial charge in [-0.05, 0) is 23.8 Å². The molecule has 7 heteroatoms.